The topological polar surface area (TPSA) is 17.3 Å². The predicted octanol–water partition coefficient (Wildman–Crippen LogP) is 3.75. The van der Waals surface area contributed by atoms with E-state index >= 15 is 0 Å². The van der Waals surface area contributed by atoms with E-state index in [4.69, 9.17) is 0 Å². The smallest absolute Gasteiger partial charge is 0.137 e. The minimum atomic E-state index is 0.935. The van der Waals surface area contributed by atoms with Crippen LogP contribution in [0.5, 0.6) is 0 Å². The molecule has 0 aliphatic rings. The van der Waals surface area contributed by atoms with Crippen LogP contribution in [0.15, 0.2) is 30.7 Å². The number of rotatable bonds is 0. The minimum absolute atomic E-state index is 0.935. The van der Waals surface area contributed by atoms with Crippen LogP contribution in [0.3, 0.4) is 0 Å². The summed E-state index contributed by atoms with van der Waals surface area (Å²) in [4.78, 5) is 4.17. The molecule has 2 aromatic heterocycles. The van der Waals surface area contributed by atoms with Crippen molar-refractivity contribution in [1.82, 2.24) is 9.38 Å². The fraction of sp³-hybridized carbons (Fsp3) is 0.182. The monoisotopic (exact) mass is 330 g/mol. The molecule has 4 heteroatoms. The Hall–Kier alpha value is -0.670. The molecule has 0 aliphatic carbocycles. The van der Waals surface area contributed by atoms with Gasteiger partial charge in [0.25, 0.3) is 0 Å². The van der Waals surface area contributed by atoms with E-state index in [1.807, 2.05) is 42.8 Å². The molecule has 0 bridgehead atoms. The van der Waals surface area contributed by atoms with Crippen LogP contribution in [0.1, 0.15) is 19.4 Å². The Balaban J connectivity index is 0.000000531. The van der Waals surface area contributed by atoms with E-state index in [0.29, 0.717) is 0 Å². The summed E-state index contributed by atoms with van der Waals surface area (Å²) in [5.74, 6) is 3.03. The Morgan fingerprint density at radius 3 is 2.93 bits per heavy atom. The zero-order valence-electron chi connectivity index (χ0n) is 8.57. The molecule has 2 nitrogen and oxygen atoms in total. The van der Waals surface area contributed by atoms with E-state index in [2.05, 4.69) is 37.4 Å². The molecule has 0 radical (unpaired) electrons. The number of halogens is 1. The summed E-state index contributed by atoms with van der Waals surface area (Å²) in [7, 11) is 1.49. The Morgan fingerprint density at radius 2 is 2.20 bits per heavy atom. The molecule has 0 saturated carbocycles. The molecule has 0 aromatic carbocycles. The third-order valence-electron chi connectivity index (χ3n) is 1.63. The molecule has 2 aromatic rings. The van der Waals surface area contributed by atoms with Gasteiger partial charge in [-0.15, -0.1) is 0 Å². The molecule has 0 fully saturated rings. The van der Waals surface area contributed by atoms with E-state index in [1.165, 1.54) is 8.93 Å². The lowest BCUT2D eigenvalue weighted by atomic mass is 10.3. The number of fused-ring (bicyclic) bond motifs is 1. The first-order valence-electron chi connectivity index (χ1n) is 4.61. The van der Waals surface area contributed by atoms with Crippen molar-refractivity contribution in [3.63, 3.8) is 0 Å². The number of imidazole rings is 1. The summed E-state index contributed by atoms with van der Waals surface area (Å²) in [6.45, 7) is 4.00. The van der Waals surface area contributed by atoms with Gasteiger partial charge in [-0.25, -0.2) is 4.98 Å². The van der Waals surface area contributed by atoms with E-state index in [-0.39, 0.29) is 0 Å². The molecule has 2 rings (SSSR count). The number of hydrogen-bond donors (Lipinski definition) is 0. The second-order valence-corrected chi connectivity index (χ2v) is 4.09. The van der Waals surface area contributed by atoms with Gasteiger partial charge < -0.3 is 4.40 Å². The highest BCUT2D eigenvalue weighted by Gasteiger charge is 1.92. The first-order chi connectivity index (χ1) is 7.40. The van der Waals surface area contributed by atoms with Gasteiger partial charge >= 0.3 is 0 Å². The van der Waals surface area contributed by atoms with E-state index in [1.54, 1.807) is 6.20 Å². The van der Waals surface area contributed by atoms with E-state index in [0.717, 1.165) is 11.2 Å². The second kappa shape index (κ2) is 6.75. The average Bonchev–Trinajstić information content (AvgIpc) is 2.76. The molecule has 0 saturated heterocycles. The van der Waals surface area contributed by atoms with Crippen molar-refractivity contribution in [1.29, 1.82) is 0 Å². The quantitative estimate of drug-likeness (QED) is 0.541. The maximum atomic E-state index is 4.17. The number of pyridine rings is 1. The Bertz CT molecular complexity index is 482. The van der Waals surface area contributed by atoms with Crippen molar-refractivity contribution >= 4 is 35.8 Å². The summed E-state index contributed by atoms with van der Waals surface area (Å²) >= 11 is 2.15. The lowest BCUT2D eigenvalue weighted by Gasteiger charge is -1.92. The van der Waals surface area contributed by atoms with Crippen LogP contribution >= 0.6 is 30.1 Å². The normalized spacial score (nSPS) is 8.73. The maximum Gasteiger partial charge on any atom is 0.137 e. The predicted molar refractivity (Wildman–Crippen MR) is 75.0 cm³/mol. The van der Waals surface area contributed by atoms with Crippen molar-refractivity contribution in [2.45, 2.75) is 13.8 Å². The lowest BCUT2D eigenvalue weighted by Crippen LogP contribution is -1.83. The van der Waals surface area contributed by atoms with Crippen LogP contribution in [-0.4, -0.2) is 9.38 Å². The second-order valence-electron chi connectivity index (χ2n) is 2.41. The third kappa shape index (κ3) is 3.43. The van der Waals surface area contributed by atoms with Gasteiger partial charge in [-0.2, -0.15) is 0 Å². The number of aromatic nitrogens is 2. The van der Waals surface area contributed by atoms with Gasteiger partial charge in [0.1, 0.15) is 5.65 Å². The van der Waals surface area contributed by atoms with Gasteiger partial charge in [-0.05, 0) is 26.3 Å². The van der Waals surface area contributed by atoms with E-state index in [9.17, 15) is 0 Å². The Morgan fingerprint density at radius 1 is 1.40 bits per heavy atom. The molecular formula is C11H11IN2S. The Labute approximate surface area is 106 Å². The molecule has 0 spiro atoms. The Kier molecular flexibility index (Phi) is 5.58. The van der Waals surface area contributed by atoms with E-state index < -0.39 is 0 Å². The highest BCUT2D eigenvalue weighted by Crippen LogP contribution is 2.09. The highest BCUT2D eigenvalue weighted by molar-refractivity contribution is 14.2. The summed E-state index contributed by atoms with van der Waals surface area (Å²) in [6, 6.07) is 3.95. The van der Waals surface area contributed by atoms with Crippen LogP contribution in [0.25, 0.3) is 5.65 Å². The van der Waals surface area contributed by atoms with Gasteiger partial charge in [0.05, 0.1) is 0 Å². The van der Waals surface area contributed by atoms with Gasteiger partial charge in [0, 0.05) is 45.4 Å². The standard InChI is InChI=1S/C9H5IN2S.C2H6/c10-13-6-2-8-1-4-12-5-3-11-9(12)7-8;1-2/h1,3-5,7H;1-2H3. The fourth-order valence-corrected chi connectivity index (χ4v) is 1.55. The molecule has 0 atom stereocenters. The van der Waals surface area contributed by atoms with Crippen molar-refractivity contribution < 1.29 is 0 Å². The summed E-state index contributed by atoms with van der Waals surface area (Å²) in [6.07, 6.45) is 5.66. The SMILES string of the molecule is CC.ISC#Cc1ccn2ccnc2c1. The molecule has 0 amide bonds. The zero-order valence-corrected chi connectivity index (χ0v) is 11.5. The van der Waals surface area contributed by atoms with Crippen molar-refractivity contribution in [2.24, 2.45) is 0 Å². The van der Waals surface area contributed by atoms with Gasteiger partial charge in [0.15, 0.2) is 0 Å². The van der Waals surface area contributed by atoms with Gasteiger partial charge in [-0.3, -0.25) is 0 Å². The van der Waals surface area contributed by atoms with Crippen LogP contribution in [0, 0.1) is 11.2 Å². The molecule has 0 unspecified atom stereocenters. The first-order valence-corrected chi connectivity index (χ1v) is 7.97. The van der Waals surface area contributed by atoms with Gasteiger partial charge in [-0.1, -0.05) is 19.8 Å². The fourth-order valence-electron chi connectivity index (χ4n) is 1.07. The summed E-state index contributed by atoms with van der Waals surface area (Å²) < 4.78 is 1.96. The summed E-state index contributed by atoms with van der Waals surface area (Å²) in [5, 5.41) is 2.94. The van der Waals surface area contributed by atoms with Crippen molar-refractivity contribution in [2.75, 3.05) is 0 Å². The first kappa shape index (κ1) is 12.4. The largest absolute Gasteiger partial charge is 0.307 e. The minimum Gasteiger partial charge on any atom is -0.307 e. The zero-order chi connectivity index (χ0) is 11.1. The van der Waals surface area contributed by atoms with Crippen LogP contribution in [-0.2, 0) is 0 Å². The average molecular weight is 330 g/mol. The number of hydrogen-bond acceptors (Lipinski definition) is 2. The molecule has 0 N–H and O–H groups in total. The molecule has 15 heavy (non-hydrogen) atoms. The van der Waals surface area contributed by atoms with Crippen molar-refractivity contribution in [3.05, 3.63) is 36.3 Å². The van der Waals surface area contributed by atoms with Crippen LogP contribution in [0.2, 0.25) is 0 Å². The lowest BCUT2D eigenvalue weighted by molar-refractivity contribution is 1.18. The third-order valence-corrected chi connectivity index (χ3v) is 2.47. The van der Waals surface area contributed by atoms with Crippen LogP contribution in [0.4, 0.5) is 0 Å². The van der Waals surface area contributed by atoms with Gasteiger partial charge in [0.2, 0.25) is 0 Å². The highest BCUT2D eigenvalue weighted by atomic mass is 127. The van der Waals surface area contributed by atoms with Crippen molar-refractivity contribution in [3.8, 4) is 11.2 Å². The summed E-state index contributed by atoms with van der Waals surface area (Å²) in [5.41, 5.74) is 1.94. The van der Waals surface area contributed by atoms with Crippen LogP contribution < -0.4 is 0 Å². The molecule has 2 heterocycles. The number of nitrogens with zero attached hydrogens (tertiary/aromatic N) is 2. The maximum absolute atomic E-state index is 4.17. The molecule has 0 aliphatic heterocycles. The molecule has 78 valence electrons. The molecular weight excluding hydrogens is 319 g/mol.